The number of carbonyl (C=O) groups excluding carboxylic acids is 3. The fourth-order valence-electron chi connectivity index (χ4n) is 3.06. The Morgan fingerprint density at radius 3 is 2.70 bits per heavy atom. The zero-order valence-electron chi connectivity index (χ0n) is 14.9. The zero-order chi connectivity index (χ0) is 19.9. The number of amides is 4. The molecule has 2 aliphatic rings. The van der Waals surface area contributed by atoms with Crippen molar-refractivity contribution >= 4 is 35.6 Å². The van der Waals surface area contributed by atoms with Crippen LogP contribution in [0, 0.1) is 17.0 Å². The van der Waals surface area contributed by atoms with Crippen LogP contribution in [0.25, 0.3) is 0 Å². The maximum atomic E-state index is 12.4. The molecule has 0 radical (unpaired) electrons. The number of anilines is 1. The van der Waals surface area contributed by atoms with E-state index in [1.54, 1.807) is 13.0 Å². The van der Waals surface area contributed by atoms with Gasteiger partial charge in [0.15, 0.2) is 12.2 Å². The molecule has 11 heteroatoms. The largest absolute Gasteiger partial charge is 0.338 e. The Balaban J connectivity index is 1.73. The van der Waals surface area contributed by atoms with Crippen molar-refractivity contribution in [3.63, 3.8) is 0 Å². The van der Waals surface area contributed by atoms with Crippen molar-refractivity contribution in [3.8, 4) is 0 Å². The third-order valence-electron chi connectivity index (χ3n) is 4.61. The van der Waals surface area contributed by atoms with Gasteiger partial charge in [0.25, 0.3) is 11.6 Å². The van der Waals surface area contributed by atoms with Crippen molar-refractivity contribution in [1.29, 1.82) is 0 Å². The number of aryl methyl sites for hydroxylation is 1. The Bertz CT molecular complexity index is 869. The molecular formula is C16H18N6O5. The first kappa shape index (κ1) is 18.3. The number of aliphatic imine (C=N–C) groups is 1. The van der Waals surface area contributed by atoms with Gasteiger partial charge in [-0.2, -0.15) is 0 Å². The summed E-state index contributed by atoms with van der Waals surface area (Å²) in [6, 6.07) is 2.93. The Labute approximate surface area is 154 Å². The molecule has 1 fully saturated rings. The van der Waals surface area contributed by atoms with Gasteiger partial charge in [0, 0.05) is 26.2 Å². The second-order valence-corrected chi connectivity index (χ2v) is 6.39. The summed E-state index contributed by atoms with van der Waals surface area (Å²) in [7, 11) is 2.91. The minimum Gasteiger partial charge on any atom is -0.338 e. The number of urea groups is 1. The van der Waals surface area contributed by atoms with Gasteiger partial charge in [0.1, 0.15) is 0 Å². The summed E-state index contributed by atoms with van der Waals surface area (Å²) in [6.45, 7) is 1.53. The summed E-state index contributed by atoms with van der Waals surface area (Å²) < 4.78 is 0. The fourth-order valence-corrected chi connectivity index (χ4v) is 3.06. The molecule has 0 aliphatic carbocycles. The van der Waals surface area contributed by atoms with Crippen LogP contribution in [0.4, 0.5) is 16.2 Å². The lowest BCUT2D eigenvalue weighted by atomic mass is 10.1. The number of non-ortho nitro benzene ring substituents is 1. The van der Waals surface area contributed by atoms with E-state index in [1.807, 2.05) is 0 Å². The molecule has 1 N–H and O–H groups in total. The van der Waals surface area contributed by atoms with Gasteiger partial charge in [-0.1, -0.05) is 6.07 Å². The van der Waals surface area contributed by atoms with Gasteiger partial charge in [-0.15, -0.1) is 0 Å². The first-order chi connectivity index (χ1) is 12.7. The van der Waals surface area contributed by atoms with E-state index in [0.717, 1.165) is 4.90 Å². The molecule has 4 amide bonds. The van der Waals surface area contributed by atoms with Crippen LogP contribution in [0.2, 0.25) is 0 Å². The van der Waals surface area contributed by atoms with Gasteiger partial charge in [-0.25, -0.2) is 9.79 Å². The minimum atomic E-state index is -0.783. The fraction of sp³-hybridized carbons (Fsp3) is 0.375. The molecule has 3 rings (SSSR count). The zero-order valence-corrected chi connectivity index (χ0v) is 14.9. The average molecular weight is 374 g/mol. The van der Waals surface area contributed by atoms with E-state index in [-0.39, 0.29) is 12.2 Å². The van der Waals surface area contributed by atoms with Crippen molar-refractivity contribution in [1.82, 2.24) is 14.7 Å². The normalized spacial score (nSPS) is 21.5. The Morgan fingerprint density at radius 1 is 1.33 bits per heavy atom. The average Bonchev–Trinajstić information content (AvgIpc) is 3.03. The number of fused-ring (bicyclic) bond motifs is 1. The van der Waals surface area contributed by atoms with Crippen LogP contribution in [-0.4, -0.2) is 76.7 Å². The van der Waals surface area contributed by atoms with Gasteiger partial charge >= 0.3 is 6.03 Å². The molecule has 1 aromatic rings. The Kier molecular flexibility index (Phi) is 4.52. The molecule has 142 valence electrons. The quantitative estimate of drug-likeness (QED) is 0.600. The van der Waals surface area contributed by atoms with E-state index in [2.05, 4.69) is 10.3 Å². The molecule has 0 saturated carbocycles. The van der Waals surface area contributed by atoms with Crippen LogP contribution < -0.4 is 5.32 Å². The highest BCUT2D eigenvalue weighted by Gasteiger charge is 2.48. The molecular weight excluding hydrogens is 356 g/mol. The standard InChI is InChI=1S/C16H18N6O5/c1-9-4-5-10(22(26)27)6-11(9)18-12(23)7-21-8-17-14-13(21)15(24)20(3)16(25)19(14)2/h4-6,8,13-14H,7H2,1-3H3,(H,18,23). The van der Waals surface area contributed by atoms with E-state index in [9.17, 15) is 24.5 Å². The van der Waals surface area contributed by atoms with Crippen molar-refractivity contribution in [2.75, 3.05) is 26.0 Å². The lowest BCUT2D eigenvalue weighted by molar-refractivity contribution is -0.384. The first-order valence-corrected chi connectivity index (χ1v) is 8.09. The molecule has 0 aromatic heterocycles. The molecule has 2 atom stereocenters. The highest BCUT2D eigenvalue weighted by atomic mass is 16.6. The number of imide groups is 1. The number of rotatable bonds is 4. The maximum Gasteiger partial charge on any atom is 0.328 e. The number of hydrogen-bond acceptors (Lipinski definition) is 7. The van der Waals surface area contributed by atoms with Crippen LogP contribution in [0.5, 0.6) is 0 Å². The number of nitro benzene ring substituents is 1. The van der Waals surface area contributed by atoms with Gasteiger partial charge in [-0.05, 0) is 12.5 Å². The highest BCUT2D eigenvalue weighted by molar-refractivity contribution is 6.03. The lowest BCUT2D eigenvalue weighted by Gasteiger charge is -2.39. The highest BCUT2D eigenvalue weighted by Crippen LogP contribution is 2.25. The summed E-state index contributed by atoms with van der Waals surface area (Å²) in [5, 5.41) is 13.5. The molecule has 1 aromatic carbocycles. The molecule has 27 heavy (non-hydrogen) atoms. The Morgan fingerprint density at radius 2 is 2.04 bits per heavy atom. The number of benzene rings is 1. The number of hydrogen-bond donors (Lipinski definition) is 1. The lowest BCUT2D eigenvalue weighted by Crippen LogP contribution is -2.64. The summed E-state index contributed by atoms with van der Waals surface area (Å²) in [6.07, 6.45) is 0.685. The smallest absolute Gasteiger partial charge is 0.328 e. The van der Waals surface area contributed by atoms with Crippen LogP contribution in [0.3, 0.4) is 0 Å². The van der Waals surface area contributed by atoms with Gasteiger partial charge in [-0.3, -0.25) is 24.6 Å². The first-order valence-electron chi connectivity index (χ1n) is 8.09. The summed E-state index contributed by atoms with van der Waals surface area (Å²) in [5.41, 5.74) is 0.852. The van der Waals surface area contributed by atoms with E-state index in [4.69, 9.17) is 0 Å². The molecule has 1 saturated heterocycles. The van der Waals surface area contributed by atoms with Gasteiger partial charge < -0.3 is 15.1 Å². The molecule has 2 aliphatic heterocycles. The topological polar surface area (TPSA) is 128 Å². The number of likely N-dealkylation sites (N-methyl/N-ethyl adjacent to an activating group) is 2. The number of nitrogens with zero attached hydrogens (tertiary/aromatic N) is 5. The van der Waals surface area contributed by atoms with Crippen LogP contribution in [0.1, 0.15) is 5.56 Å². The van der Waals surface area contributed by atoms with E-state index in [0.29, 0.717) is 11.3 Å². The summed E-state index contributed by atoms with van der Waals surface area (Å²) in [5.74, 6) is -0.902. The van der Waals surface area contributed by atoms with Crippen LogP contribution in [-0.2, 0) is 9.59 Å². The molecule has 0 spiro atoms. The van der Waals surface area contributed by atoms with Crippen LogP contribution in [0.15, 0.2) is 23.2 Å². The second kappa shape index (κ2) is 6.67. The SMILES string of the molecule is Cc1ccc([N+](=O)[O-])cc1NC(=O)CN1C=NC2C1C(=O)N(C)C(=O)N2C. The van der Waals surface area contributed by atoms with Gasteiger partial charge in [0.05, 0.1) is 23.5 Å². The molecule has 2 heterocycles. The third kappa shape index (κ3) is 3.18. The van der Waals surface area contributed by atoms with Crippen molar-refractivity contribution < 1.29 is 19.3 Å². The van der Waals surface area contributed by atoms with Crippen molar-refractivity contribution in [2.24, 2.45) is 4.99 Å². The monoisotopic (exact) mass is 374 g/mol. The van der Waals surface area contributed by atoms with Crippen molar-refractivity contribution in [2.45, 2.75) is 19.1 Å². The number of nitrogens with one attached hydrogen (secondary N) is 1. The number of nitro groups is 1. The number of carbonyl (C=O) groups is 3. The van der Waals surface area contributed by atoms with E-state index < -0.39 is 35.0 Å². The summed E-state index contributed by atoms with van der Waals surface area (Å²) >= 11 is 0. The maximum absolute atomic E-state index is 12.4. The molecule has 11 nitrogen and oxygen atoms in total. The molecule has 0 bridgehead atoms. The van der Waals surface area contributed by atoms with Gasteiger partial charge in [0.2, 0.25) is 5.91 Å². The predicted molar refractivity (Wildman–Crippen MR) is 95.2 cm³/mol. The van der Waals surface area contributed by atoms with Crippen LogP contribution >= 0.6 is 0 Å². The minimum absolute atomic E-state index is 0.136. The second-order valence-electron chi connectivity index (χ2n) is 6.39. The summed E-state index contributed by atoms with van der Waals surface area (Å²) in [4.78, 5) is 55.1. The van der Waals surface area contributed by atoms with E-state index in [1.165, 1.54) is 42.4 Å². The van der Waals surface area contributed by atoms with E-state index >= 15 is 0 Å². The van der Waals surface area contributed by atoms with Crippen molar-refractivity contribution in [3.05, 3.63) is 33.9 Å². The molecule has 2 unspecified atom stereocenters. The Hall–Kier alpha value is -3.50. The predicted octanol–water partition coefficient (Wildman–Crippen LogP) is 0.404. The third-order valence-corrected chi connectivity index (χ3v) is 4.61.